The Kier molecular flexibility index (Phi) is 4.71. The van der Waals surface area contributed by atoms with Crippen molar-refractivity contribution in [1.29, 1.82) is 0 Å². The van der Waals surface area contributed by atoms with Crippen molar-refractivity contribution in [2.45, 2.75) is 20.3 Å². The largest absolute Gasteiger partial charge is 0.336 e. The number of benzene rings is 1. The lowest BCUT2D eigenvalue weighted by Crippen LogP contribution is -2.48. The zero-order valence-electron chi connectivity index (χ0n) is 13.7. The zero-order valence-corrected chi connectivity index (χ0v) is 13.7. The number of rotatable bonds is 4. The highest BCUT2D eigenvalue weighted by molar-refractivity contribution is 5.95. The van der Waals surface area contributed by atoms with Crippen LogP contribution in [0.5, 0.6) is 0 Å². The van der Waals surface area contributed by atoms with E-state index in [1.165, 1.54) is 0 Å². The van der Waals surface area contributed by atoms with Crippen LogP contribution < -0.4 is 0 Å². The van der Waals surface area contributed by atoms with Crippen molar-refractivity contribution in [3.05, 3.63) is 35.7 Å². The van der Waals surface area contributed by atoms with Gasteiger partial charge in [-0.15, -0.1) is 0 Å². The van der Waals surface area contributed by atoms with E-state index in [1.807, 2.05) is 36.1 Å². The molecule has 1 amide bonds. The summed E-state index contributed by atoms with van der Waals surface area (Å²) in [6.45, 7) is 8.67. The maximum atomic E-state index is 12.7. The Balaban J connectivity index is 1.71. The predicted octanol–water partition coefficient (Wildman–Crippen LogP) is 1.95. The Bertz CT molecular complexity index is 673. The van der Waals surface area contributed by atoms with Crippen LogP contribution in [0.3, 0.4) is 0 Å². The van der Waals surface area contributed by atoms with E-state index in [4.69, 9.17) is 0 Å². The number of carbonyl (C=O) groups excluding carboxylic acids is 1. The summed E-state index contributed by atoms with van der Waals surface area (Å²) in [6, 6.07) is 7.56. The predicted molar refractivity (Wildman–Crippen MR) is 89.2 cm³/mol. The molecule has 2 heterocycles. The summed E-state index contributed by atoms with van der Waals surface area (Å²) in [5.74, 6) is 1.49. The molecule has 0 bridgehead atoms. The van der Waals surface area contributed by atoms with Crippen molar-refractivity contribution in [3.8, 4) is 11.4 Å². The summed E-state index contributed by atoms with van der Waals surface area (Å²) in [6.07, 6.45) is 1.16. The lowest BCUT2D eigenvalue weighted by Gasteiger charge is -2.34. The Morgan fingerprint density at radius 2 is 2.04 bits per heavy atom. The summed E-state index contributed by atoms with van der Waals surface area (Å²) in [7, 11) is 0. The highest BCUT2D eigenvalue weighted by atomic mass is 16.2. The fraction of sp³-hybridized carbons (Fsp3) is 0.471. The first kappa shape index (κ1) is 15.7. The van der Waals surface area contributed by atoms with E-state index in [2.05, 4.69) is 27.0 Å². The maximum absolute atomic E-state index is 12.7. The number of aromatic nitrogens is 3. The van der Waals surface area contributed by atoms with E-state index in [-0.39, 0.29) is 5.91 Å². The van der Waals surface area contributed by atoms with E-state index in [0.717, 1.165) is 50.5 Å². The molecule has 0 aliphatic carbocycles. The molecule has 1 fully saturated rings. The minimum absolute atomic E-state index is 0.0928. The van der Waals surface area contributed by atoms with Crippen LogP contribution in [-0.4, -0.2) is 63.6 Å². The Hall–Kier alpha value is -2.21. The van der Waals surface area contributed by atoms with Gasteiger partial charge in [0, 0.05) is 37.3 Å². The van der Waals surface area contributed by atoms with Gasteiger partial charge in [0.25, 0.3) is 5.91 Å². The van der Waals surface area contributed by atoms with Gasteiger partial charge >= 0.3 is 0 Å². The van der Waals surface area contributed by atoms with Crippen LogP contribution in [0.4, 0.5) is 0 Å². The third-order valence-corrected chi connectivity index (χ3v) is 4.16. The fourth-order valence-electron chi connectivity index (χ4n) is 2.94. The number of carbonyl (C=O) groups is 1. The number of hydrogen-bond acceptors (Lipinski definition) is 4. The smallest absolute Gasteiger partial charge is 0.253 e. The van der Waals surface area contributed by atoms with Gasteiger partial charge in [0.05, 0.1) is 0 Å². The van der Waals surface area contributed by atoms with Gasteiger partial charge in [0.15, 0.2) is 5.82 Å². The molecule has 2 aromatic rings. The summed E-state index contributed by atoms with van der Waals surface area (Å²) < 4.78 is 0. The molecule has 1 saturated heterocycles. The summed E-state index contributed by atoms with van der Waals surface area (Å²) in [5, 5.41) is 7.00. The second kappa shape index (κ2) is 6.91. The molecule has 0 saturated carbocycles. The average Bonchev–Trinajstić information content (AvgIpc) is 3.02. The number of amides is 1. The first-order valence-corrected chi connectivity index (χ1v) is 8.18. The first-order chi connectivity index (χ1) is 11.2. The first-order valence-electron chi connectivity index (χ1n) is 8.18. The molecule has 0 spiro atoms. The average molecular weight is 313 g/mol. The topological polar surface area (TPSA) is 65.1 Å². The van der Waals surface area contributed by atoms with Crippen molar-refractivity contribution < 1.29 is 4.79 Å². The fourth-order valence-corrected chi connectivity index (χ4v) is 2.94. The van der Waals surface area contributed by atoms with Crippen LogP contribution in [0.15, 0.2) is 24.3 Å². The van der Waals surface area contributed by atoms with E-state index < -0.39 is 0 Å². The second-order valence-corrected chi connectivity index (χ2v) is 5.96. The minimum Gasteiger partial charge on any atom is -0.336 e. The Morgan fingerprint density at radius 1 is 1.26 bits per heavy atom. The summed E-state index contributed by atoms with van der Waals surface area (Å²) >= 11 is 0. The zero-order chi connectivity index (χ0) is 16.2. The van der Waals surface area contributed by atoms with Crippen molar-refractivity contribution in [1.82, 2.24) is 25.0 Å². The second-order valence-electron chi connectivity index (χ2n) is 5.96. The number of piperazine rings is 1. The van der Waals surface area contributed by atoms with E-state index in [0.29, 0.717) is 11.4 Å². The van der Waals surface area contributed by atoms with Gasteiger partial charge in [0.2, 0.25) is 0 Å². The standard InChI is InChI=1S/C17H23N5O/c1-3-7-21-8-10-22(11-9-21)17(23)15-6-4-5-14(12-15)16-18-13(2)19-20-16/h4-6,12H,3,7-11H2,1-2H3,(H,18,19,20). The lowest BCUT2D eigenvalue weighted by molar-refractivity contribution is 0.0637. The Morgan fingerprint density at radius 3 is 2.70 bits per heavy atom. The van der Waals surface area contributed by atoms with Crippen LogP contribution in [0.25, 0.3) is 11.4 Å². The van der Waals surface area contributed by atoms with Gasteiger partial charge in [-0.05, 0) is 32.0 Å². The molecule has 0 unspecified atom stereocenters. The van der Waals surface area contributed by atoms with Crippen LogP contribution in [0, 0.1) is 6.92 Å². The maximum Gasteiger partial charge on any atom is 0.253 e. The Labute approximate surface area is 136 Å². The normalized spacial score (nSPS) is 15.8. The van der Waals surface area contributed by atoms with E-state index in [1.54, 1.807) is 0 Å². The van der Waals surface area contributed by atoms with Crippen LogP contribution in [0.2, 0.25) is 0 Å². The molecule has 122 valence electrons. The van der Waals surface area contributed by atoms with E-state index in [9.17, 15) is 4.79 Å². The lowest BCUT2D eigenvalue weighted by atomic mass is 10.1. The number of nitrogens with zero attached hydrogens (tertiary/aromatic N) is 4. The number of H-pyrrole nitrogens is 1. The summed E-state index contributed by atoms with van der Waals surface area (Å²) in [4.78, 5) is 21.4. The van der Waals surface area contributed by atoms with Crippen molar-refractivity contribution in [3.63, 3.8) is 0 Å². The molecule has 0 atom stereocenters. The van der Waals surface area contributed by atoms with Gasteiger partial charge in [-0.25, -0.2) is 4.98 Å². The van der Waals surface area contributed by atoms with Gasteiger partial charge in [0.1, 0.15) is 5.82 Å². The molecule has 1 aliphatic heterocycles. The molecular weight excluding hydrogens is 290 g/mol. The van der Waals surface area contributed by atoms with Crippen molar-refractivity contribution in [2.75, 3.05) is 32.7 Å². The SMILES string of the molecule is CCCN1CCN(C(=O)c2cccc(-c3n[nH]c(C)n3)c2)CC1. The highest BCUT2D eigenvalue weighted by Crippen LogP contribution is 2.18. The summed E-state index contributed by atoms with van der Waals surface area (Å²) in [5.41, 5.74) is 1.57. The number of aromatic amines is 1. The van der Waals surface area contributed by atoms with Gasteiger partial charge in [-0.3, -0.25) is 14.8 Å². The molecule has 1 aromatic heterocycles. The molecule has 23 heavy (non-hydrogen) atoms. The highest BCUT2D eigenvalue weighted by Gasteiger charge is 2.22. The number of nitrogens with one attached hydrogen (secondary N) is 1. The molecule has 1 aliphatic rings. The monoisotopic (exact) mass is 313 g/mol. The third-order valence-electron chi connectivity index (χ3n) is 4.16. The molecular formula is C17H23N5O. The van der Waals surface area contributed by atoms with Gasteiger partial charge in [-0.2, -0.15) is 5.10 Å². The van der Waals surface area contributed by atoms with Gasteiger partial charge < -0.3 is 4.90 Å². The van der Waals surface area contributed by atoms with Crippen LogP contribution >= 0.6 is 0 Å². The molecule has 1 N–H and O–H groups in total. The third kappa shape index (κ3) is 3.59. The van der Waals surface area contributed by atoms with Crippen LogP contribution in [0.1, 0.15) is 29.5 Å². The van der Waals surface area contributed by atoms with Gasteiger partial charge in [-0.1, -0.05) is 19.1 Å². The number of hydrogen-bond donors (Lipinski definition) is 1. The quantitative estimate of drug-likeness (QED) is 0.937. The molecule has 0 radical (unpaired) electrons. The van der Waals surface area contributed by atoms with Crippen molar-refractivity contribution in [2.24, 2.45) is 0 Å². The van der Waals surface area contributed by atoms with E-state index >= 15 is 0 Å². The molecule has 3 rings (SSSR count). The molecule has 1 aromatic carbocycles. The molecule has 6 nitrogen and oxygen atoms in total. The van der Waals surface area contributed by atoms with Crippen LogP contribution in [-0.2, 0) is 0 Å². The number of aryl methyl sites for hydroxylation is 1. The molecule has 6 heteroatoms. The minimum atomic E-state index is 0.0928. The van der Waals surface area contributed by atoms with Crippen molar-refractivity contribution >= 4 is 5.91 Å².